The highest BCUT2D eigenvalue weighted by Crippen LogP contribution is 2.21. The molecule has 0 aliphatic rings. The van der Waals surface area contributed by atoms with Crippen LogP contribution >= 0.6 is 0 Å². The Labute approximate surface area is 102 Å². The van der Waals surface area contributed by atoms with Gasteiger partial charge in [-0.1, -0.05) is 12.1 Å². The van der Waals surface area contributed by atoms with Crippen LogP contribution in [0.25, 0.3) is 16.9 Å². The lowest BCUT2D eigenvalue weighted by molar-refractivity contribution is 0.624. The molecule has 5 heteroatoms. The van der Waals surface area contributed by atoms with Gasteiger partial charge in [0.25, 0.3) is 0 Å². The minimum atomic E-state index is -0.535. The molecule has 3 aromatic rings. The lowest BCUT2D eigenvalue weighted by Gasteiger charge is -2.04. The summed E-state index contributed by atoms with van der Waals surface area (Å²) < 4.78 is 15.2. The molecular formula is C13H7FN4. The number of rotatable bonds is 1. The number of hydrogen-bond acceptors (Lipinski definition) is 3. The van der Waals surface area contributed by atoms with E-state index in [9.17, 15) is 4.39 Å². The summed E-state index contributed by atoms with van der Waals surface area (Å²) in [5.74, 6) is -0.535. The number of nitrogens with zero attached hydrogens (tertiary/aromatic N) is 4. The molecule has 0 radical (unpaired) electrons. The third kappa shape index (κ3) is 1.52. The molecule has 1 aromatic carbocycles. The largest absolute Gasteiger partial charge is 0.215 e. The summed E-state index contributed by atoms with van der Waals surface area (Å²) in [6, 6.07) is 11.7. The number of hydrogen-bond donors (Lipinski definition) is 0. The fourth-order valence-electron chi connectivity index (χ4n) is 1.83. The Morgan fingerprint density at radius 2 is 2.11 bits per heavy atom. The van der Waals surface area contributed by atoms with Crippen molar-refractivity contribution in [1.82, 2.24) is 14.6 Å². The maximum Gasteiger partial charge on any atom is 0.155 e. The molecule has 0 N–H and O–H groups in total. The van der Waals surface area contributed by atoms with Crippen molar-refractivity contribution in [3.05, 3.63) is 54.1 Å². The van der Waals surface area contributed by atoms with Crippen molar-refractivity contribution in [3.8, 4) is 17.3 Å². The van der Waals surface area contributed by atoms with E-state index in [1.165, 1.54) is 18.5 Å². The first-order chi connectivity index (χ1) is 8.79. The maximum absolute atomic E-state index is 13.6. The molecule has 0 unspecified atom stereocenters. The van der Waals surface area contributed by atoms with Gasteiger partial charge in [0.05, 0.1) is 11.3 Å². The highest BCUT2D eigenvalue weighted by molar-refractivity contribution is 5.63. The van der Waals surface area contributed by atoms with Crippen molar-refractivity contribution in [2.45, 2.75) is 0 Å². The van der Waals surface area contributed by atoms with Crippen LogP contribution in [0.3, 0.4) is 0 Å². The molecule has 86 valence electrons. The number of fused-ring (bicyclic) bond motifs is 1. The summed E-state index contributed by atoms with van der Waals surface area (Å²) in [6.07, 6.45) is 1.44. The van der Waals surface area contributed by atoms with E-state index in [0.717, 1.165) is 5.69 Å². The van der Waals surface area contributed by atoms with Crippen LogP contribution in [-0.2, 0) is 0 Å². The van der Waals surface area contributed by atoms with Crippen LogP contribution in [0.15, 0.2) is 42.7 Å². The lowest BCUT2D eigenvalue weighted by atomic mass is 10.1. The normalized spacial score (nSPS) is 10.4. The Morgan fingerprint density at radius 1 is 1.22 bits per heavy atom. The first-order valence-electron chi connectivity index (χ1n) is 5.28. The van der Waals surface area contributed by atoms with Crippen molar-refractivity contribution < 1.29 is 4.39 Å². The fraction of sp³-hybridized carbons (Fsp3) is 0. The van der Waals surface area contributed by atoms with Gasteiger partial charge in [-0.25, -0.2) is 13.9 Å². The quantitative estimate of drug-likeness (QED) is 0.654. The van der Waals surface area contributed by atoms with E-state index >= 15 is 0 Å². The Balaban J connectivity index is 2.24. The SMILES string of the molecule is N#Cc1ccc(-c2cccc3ncnn23)cc1F. The van der Waals surface area contributed by atoms with Crippen LogP contribution in [0.2, 0.25) is 0 Å². The van der Waals surface area contributed by atoms with Crippen LogP contribution in [0.4, 0.5) is 4.39 Å². The molecule has 0 amide bonds. The van der Waals surface area contributed by atoms with E-state index in [2.05, 4.69) is 10.1 Å². The molecule has 0 fully saturated rings. The highest BCUT2D eigenvalue weighted by Gasteiger charge is 2.08. The molecule has 0 aliphatic carbocycles. The molecule has 0 atom stereocenters. The third-order valence-electron chi connectivity index (χ3n) is 2.69. The fourth-order valence-corrected chi connectivity index (χ4v) is 1.83. The second-order valence-corrected chi connectivity index (χ2v) is 3.75. The van der Waals surface area contributed by atoms with Crippen molar-refractivity contribution in [2.24, 2.45) is 0 Å². The van der Waals surface area contributed by atoms with Gasteiger partial charge < -0.3 is 0 Å². The summed E-state index contributed by atoms with van der Waals surface area (Å²) in [7, 11) is 0. The second kappa shape index (κ2) is 3.93. The summed E-state index contributed by atoms with van der Waals surface area (Å²) in [6.45, 7) is 0. The Bertz CT molecular complexity index is 770. The number of nitriles is 1. The topological polar surface area (TPSA) is 54.0 Å². The molecule has 0 spiro atoms. The van der Waals surface area contributed by atoms with Crippen LogP contribution in [-0.4, -0.2) is 14.6 Å². The average Bonchev–Trinajstić information content (AvgIpc) is 2.86. The first kappa shape index (κ1) is 10.4. The van der Waals surface area contributed by atoms with Gasteiger partial charge in [0.15, 0.2) is 5.65 Å². The Kier molecular flexibility index (Phi) is 2.27. The highest BCUT2D eigenvalue weighted by atomic mass is 19.1. The smallest absolute Gasteiger partial charge is 0.155 e. The zero-order chi connectivity index (χ0) is 12.5. The van der Waals surface area contributed by atoms with E-state index in [0.29, 0.717) is 11.2 Å². The first-order valence-corrected chi connectivity index (χ1v) is 5.28. The summed E-state index contributed by atoms with van der Waals surface area (Å²) in [5, 5.41) is 12.8. The van der Waals surface area contributed by atoms with Crippen molar-refractivity contribution in [2.75, 3.05) is 0 Å². The molecule has 18 heavy (non-hydrogen) atoms. The minimum Gasteiger partial charge on any atom is -0.215 e. The lowest BCUT2D eigenvalue weighted by Crippen LogP contribution is -1.94. The van der Waals surface area contributed by atoms with E-state index < -0.39 is 5.82 Å². The van der Waals surface area contributed by atoms with E-state index in [1.54, 1.807) is 16.7 Å². The summed E-state index contributed by atoms with van der Waals surface area (Å²) >= 11 is 0. The van der Waals surface area contributed by atoms with Crippen molar-refractivity contribution >= 4 is 5.65 Å². The molecule has 0 bridgehead atoms. The van der Waals surface area contributed by atoms with Gasteiger partial charge in [-0.05, 0) is 24.3 Å². The number of benzene rings is 1. The van der Waals surface area contributed by atoms with Gasteiger partial charge in [-0.2, -0.15) is 10.4 Å². The van der Waals surface area contributed by atoms with E-state index in [4.69, 9.17) is 5.26 Å². The predicted octanol–water partition coefficient (Wildman–Crippen LogP) is 2.41. The average molecular weight is 238 g/mol. The van der Waals surface area contributed by atoms with Gasteiger partial charge in [0.2, 0.25) is 0 Å². The summed E-state index contributed by atoms with van der Waals surface area (Å²) in [4.78, 5) is 4.07. The van der Waals surface area contributed by atoms with Crippen LogP contribution in [0.1, 0.15) is 5.56 Å². The molecule has 2 heterocycles. The molecular weight excluding hydrogens is 231 g/mol. The van der Waals surface area contributed by atoms with Gasteiger partial charge >= 0.3 is 0 Å². The number of aromatic nitrogens is 3. The Hall–Kier alpha value is -2.74. The van der Waals surface area contributed by atoms with Gasteiger partial charge in [0, 0.05) is 5.56 Å². The van der Waals surface area contributed by atoms with Gasteiger partial charge in [0.1, 0.15) is 18.2 Å². The predicted molar refractivity (Wildman–Crippen MR) is 63.1 cm³/mol. The molecule has 2 aromatic heterocycles. The van der Waals surface area contributed by atoms with Crippen molar-refractivity contribution in [3.63, 3.8) is 0 Å². The van der Waals surface area contributed by atoms with E-state index in [-0.39, 0.29) is 5.56 Å². The van der Waals surface area contributed by atoms with Crippen LogP contribution < -0.4 is 0 Å². The number of pyridine rings is 1. The van der Waals surface area contributed by atoms with Gasteiger partial charge in [-0.15, -0.1) is 0 Å². The standard InChI is InChI=1S/C13H7FN4/c14-11-6-9(4-5-10(11)7-15)12-2-1-3-13-16-8-17-18(12)13/h1-6,8H. The zero-order valence-electron chi connectivity index (χ0n) is 9.21. The molecule has 3 rings (SSSR count). The third-order valence-corrected chi connectivity index (χ3v) is 2.69. The van der Waals surface area contributed by atoms with Gasteiger partial charge in [-0.3, -0.25) is 0 Å². The van der Waals surface area contributed by atoms with Crippen LogP contribution in [0, 0.1) is 17.1 Å². The minimum absolute atomic E-state index is 0.0320. The van der Waals surface area contributed by atoms with Crippen LogP contribution in [0.5, 0.6) is 0 Å². The Morgan fingerprint density at radius 3 is 2.89 bits per heavy atom. The molecule has 0 saturated carbocycles. The van der Waals surface area contributed by atoms with E-state index in [1.807, 2.05) is 18.2 Å². The zero-order valence-corrected chi connectivity index (χ0v) is 9.21. The second-order valence-electron chi connectivity index (χ2n) is 3.75. The molecule has 4 nitrogen and oxygen atoms in total. The monoisotopic (exact) mass is 238 g/mol. The molecule has 0 aliphatic heterocycles. The molecule has 0 saturated heterocycles. The number of halogens is 1. The summed E-state index contributed by atoms with van der Waals surface area (Å²) in [5.41, 5.74) is 2.11. The van der Waals surface area contributed by atoms with Crippen molar-refractivity contribution in [1.29, 1.82) is 5.26 Å². The maximum atomic E-state index is 13.6.